The van der Waals surface area contributed by atoms with E-state index in [1.54, 1.807) is 13.3 Å². The zero-order valence-corrected chi connectivity index (χ0v) is 12.6. The largest absolute Gasteiger partial charge is 0.461 e. The van der Waals surface area contributed by atoms with Gasteiger partial charge in [-0.05, 0) is 37.0 Å². The molecule has 0 atom stereocenters. The smallest absolute Gasteiger partial charge is 0.360 e. The average Bonchev–Trinajstić information content (AvgIpc) is 3.15. The summed E-state index contributed by atoms with van der Waals surface area (Å²) in [5, 5.41) is 1.90. The summed E-state index contributed by atoms with van der Waals surface area (Å²) in [6, 6.07) is 3.88. The Kier molecular flexibility index (Phi) is 3.66. The van der Waals surface area contributed by atoms with Crippen molar-refractivity contribution in [2.75, 3.05) is 6.61 Å². The topological polar surface area (TPSA) is 69.4 Å². The molecule has 0 bridgehead atoms. The van der Waals surface area contributed by atoms with Gasteiger partial charge in [0, 0.05) is 11.1 Å². The molecule has 0 aliphatic heterocycles. The maximum Gasteiger partial charge on any atom is 0.360 e. The van der Waals surface area contributed by atoms with Crippen LogP contribution in [-0.2, 0) is 11.2 Å². The van der Waals surface area contributed by atoms with Crippen molar-refractivity contribution in [1.29, 1.82) is 0 Å². The molecular weight excluding hydrogens is 288 g/mol. The van der Waals surface area contributed by atoms with Crippen molar-refractivity contribution in [3.05, 3.63) is 35.2 Å². The summed E-state index contributed by atoms with van der Waals surface area (Å²) in [5.41, 5.74) is 3.31. The van der Waals surface area contributed by atoms with Gasteiger partial charge in [0.2, 0.25) is 0 Å². The zero-order chi connectivity index (χ0) is 14.8. The number of esters is 1. The van der Waals surface area contributed by atoms with Crippen molar-refractivity contribution in [1.82, 2.24) is 18.7 Å². The first kappa shape index (κ1) is 13.7. The highest BCUT2D eigenvalue weighted by molar-refractivity contribution is 7.03. The van der Waals surface area contributed by atoms with Crippen LogP contribution in [0.1, 0.15) is 30.0 Å². The minimum Gasteiger partial charge on any atom is -0.461 e. The van der Waals surface area contributed by atoms with Gasteiger partial charge in [0.05, 0.1) is 12.3 Å². The molecule has 0 N–H and O–H groups in total. The Morgan fingerprint density at radius 1 is 1.38 bits per heavy atom. The van der Waals surface area contributed by atoms with Crippen LogP contribution in [0.4, 0.5) is 0 Å². The van der Waals surface area contributed by atoms with Gasteiger partial charge < -0.3 is 4.74 Å². The molecule has 3 heterocycles. The molecule has 21 heavy (non-hydrogen) atoms. The van der Waals surface area contributed by atoms with E-state index in [2.05, 4.69) is 14.3 Å². The van der Waals surface area contributed by atoms with E-state index in [9.17, 15) is 4.79 Å². The second-order valence-electron chi connectivity index (χ2n) is 4.38. The van der Waals surface area contributed by atoms with E-state index in [4.69, 9.17) is 4.74 Å². The van der Waals surface area contributed by atoms with Crippen LogP contribution in [0.3, 0.4) is 0 Å². The van der Waals surface area contributed by atoms with E-state index >= 15 is 0 Å². The molecule has 0 saturated carbocycles. The van der Waals surface area contributed by atoms with Crippen LogP contribution in [0.2, 0.25) is 0 Å². The van der Waals surface area contributed by atoms with Crippen molar-refractivity contribution < 1.29 is 9.53 Å². The SMILES string of the molecule is CCOC(=O)c1ncn2c(CC)cc(-c3ccsn3)nc12. The summed E-state index contributed by atoms with van der Waals surface area (Å²) in [7, 11) is 0. The Morgan fingerprint density at radius 3 is 2.90 bits per heavy atom. The summed E-state index contributed by atoms with van der Waals surface area (Å²) in [6.07, 6.45) is 2.41. The molecule has 0 amide bonds. The van der Waals surface area contributed by atoms with Gasteiger partial charge in [-0.2, -0.15) is 4.37 Å². The Labute approximate surface area is 125 Å². The first-order chi connectivity index (χ1) is 10.2. The molecule has 0 unspecified atom stereocenters. The van der Waals surface area contributed by atoms with E-state index in [1.807, 2.05) is 28.8 Å². The summed E-state index contributed by atoms with van der Waals surface area (Å²) in [4.78, 5) is 20.7. The van der Waals surface area contributed by atoms with Crippen molar-refractivity contribution >= 4 is 23.1 Å². The lowest BCUT2D eigenvalue weighted by atomic mass is 10.2. The summed E-state index contributed by atoms with van der Waals surface area (Å²) < 4.78 is 11.1. The predicted molar refractivity (Wildman–Crippen MR) is 79.4 cm³/mol. The minimum absolute atomic E-state index is 0.239. The first-order valence-electron chi connectivity index (χ1n) is 6.69. The van der Waals surface area contributed by atoms with E-state index in [0.29, 0.717) is 12.3 Å². The lowest BCUT2D eigenvalue weighted by molar-refractivity contribution is 0.0522. The standard InChI is InChI=1S/C14H14N4O2S/c1-3-9-7-11(10-5-6-21-17-10)16-13-12(14(19)20-4-2)15-8-18(9)13/h5-8H,3-4H2,1-2H3. The highest BCUT2D eigenvalue weighted by Gasteiger charge is 2.18. The molecule has 0 aliphatic carbocycles. The van der Waals surface area contributed by atoms with Gasteiger partial charge in [-0.15, -0.1) is 0 Å². The number of hydrogen-bond donors (Lipinski definition) is 0. The molecule has 108 valence electrons. The Bertz CT molecular complexity index is 780. The molecule has 0 aromatic carbocycles. The number of nitrogens with zero attached hydrogens (tertiary/aromatic N) is 4. The van der Waals surface area contributed by atoms with Gasteiger partial charge in [0.1, 0.15) is 12.0 Å². The van der Waals surface area contributed by atoms with Crippen molar-refractivity contribution in [2.45, 2.75) is 20.3 Å². The van der Waals surface area contributed by atoms with E-state index in [1.165, 1.54) is 11.5 Å². The molecular formula is C14H14N4O2S. The number of imidazole rings is 1. The number of ether oxygens (including phenoxy) is 1. The normalized spacial score (nSPS) is 11.0. The maximum absolute atomic E-state index is 12.0. The Hall–Kier alpha value is -2.28. The second kappa shape index (κ2) is 5.61. The molecule has 0 aliphatic rings. The highest BCUT2D eigenvalue weighted by Crippen LogP contribution is 2.21. The van der Waals surface area contributed by atoms with E-state index in [0.717, 1.165) is 23.5 Å². The summed E-state index contributed by atoms with van der Waals surface area (Å²) in [6.45, 7) is 4.12. The van der Waals surface area contributed by atoms with Crippen molar-refractivity contribution in [3.8, 4) is 11.4 Å². The quantitative estimate of drug-likeness (QED) is 0.693. The highest BCUT2D eigenvalue weighted by atomic mass is 32.1. The van der Waals surface area contributed by atoms with Gasteiger partial charge in [0.15, 0.2) is 11.3 Å². The number of fused-ring (bicyclic) bond motifs is 1. The first-order valence-corrected chi connectivity index (χ1v) is 7.53. The third-order valence-electron chi connectivity index (χ3n) is 3.11. The van der Waals surface area contributed by atoms with Crippen molar-refractivity contribution in [3.63, 3.8) is 0 Å². The van der Waals surface area contributed by atoms with Crippen LogP contribution < -0.4 is 0 Å². The van der Waals surface area contributed by atoms with E-state index in [-0.39, 0.29) is 5.69 Å². The monoisotopic (exact) mass is 302 g/mol. The van der Waals surface area contributed by atoms with Crippen LogP contribution in [0.25, 0.3) is 17.0 Å². The fourth-order valence-corrected chi connectivity index (χ4v) is 2.64. The third-order valence-corrected chi connectivity index (χ3v) is 3.67. The zero-order valence-electron chi connectivity index (χ0n) is 11.7. The lowest BCUT2D eigenvalue weighted by Crippen LogP contribution is -2.07. The number of carbonyl (C=O) groups is 1. The molecule has 6 nitrogen and oxygen atoms in total. The average molecular weight is 302 g/mol. The summed E-state index contributed by atoms with van der Waals surface area (Å²) in [5.74, 6) is -0.454. The number of carbonyl (C=O) groups excluding carboxylic acids is 1. The van der Waals surface area contributed by atoms with Gasteiger partial charge >= 0.3 is 5.97 Å². The molecule has 3 rings (SSSR count). The molecule has 0 spiro atoms. The molecule has 0 radical (unpaired) electrons. The van der Waals surface area contributed by atoms with Crippen LogP contribution in [-0.4, -0.2) is 31.3 Å². The fraction of sp³-hybridized carbons (Fsp3) is 0.286. The predicted octanol–water partition coefficient (Wildman–Crippen LogP) is 2.59. The summed E-state index contributed by atoms with van der Waals surface area (Å²) >= 11 is 1.37. The van der Waals surface area contributed by atoms with Crippen LogP contribution in [0.5, 0.6) is 0 Å². The lowest BCUT2D eigenvalue weighted by Gasteiger charge is -2.06. The number of aromatic nitrogens is 4. The van der Waals surface area contributed by atoms with Gasteiger partial charge in [-0.3, -0.25) is 4.40 Å². The Balaban J connectivity index is 2.20. The van der Waals surface area contributed by atoms with Gasteiger partial charge in [-0.1, -0.05) is 6.92 Å². The minimum atomic E-state index is -0.454. The van der Waals surface area contributed by atoms with Crippen LogP contribution in [0, 0.1) is 0 Å². The fourth-order valence-electron chi connectivity index (χ4n) is 2.12. The molecule has 7 heteroatoms. The second-order valence-corrected chi connectivity index (χ2v) is 5.04. The molecule has 3 aromatic heterocycles. The number of aryl methyl sites for hydroxylation is 1. The number of rotatable bonds is 4. The Morgan fingerprint density at radius 2 is 2.24 bits per heavy atom. The van der Waals surface area contributed by atoms with Crippen LogP contribution in [0.15, 0.2) is 23.8 Å². The molecule has 0 saturated heterocycles. The molecule has 3 aromatic rings. The van der Waals surface area contributed by atoms with E-state index < -0.39 is 5.97 Å². The maximum atomic E-state index is 12.0. The van der Waals surface area contributed by atoms with Crippen molar-refractivity contribution in [2.24, 2.45) is 0 Å². The molecule has 0 fully saturated rings. The van der Waals surface area contributed by atoms with Crippen LogP contribution >= 0.6 is 11.5 Å². The van der Waals surface area contributed by atoms with Gasteiger partial charge in [0.25, 0.3) is 0 Å². The third kappa shape index (κ3) is 2.40. The number of hydrogen-bond acceptors (Lipinski definition) is 6. The van der Waals surface area contributed by atoms with Gasteiger partial charge in [-0.25, -0.2) is 14.8 Å².